The number of likely N-dealkylation sites (tertiary alicyclic amines) is 1. The number of benzene rings is 1. The van der Waals surface area contributed by atoms with Crippen molar-refractivity contribution in [1.29, 1.82) is 0 Å². The fourth-order valence-electron chi connectivity index (χ4n) is 3.58. The first kappa shape index (κ1) is 17.4. The molecule has 0 bridgehead atoms. The lowest BCUT2D eigenvalue weighted by atomic mass is 10.1. The van der Waals surface area contributed by atoms with Crippen LogP contribution < -0.4 is 4.90 Å². The predicted octanol–water partition coefficient (Wildman–Crippen LogP) is 1.52. The zero-order valence-corrected chi connectivity index (χ0v) is 14.2. The van der Waals surface area contributed by atoms with E-state index in [-0.39, 0.29) is 30.4 Å². The van der Waals surface area contributed by atoms with E-state index in [2.05, 4.69) is 0 Å². The summed E-state index contributed by atoms with van der Waals surface area (Å²) >= 11 is 0. The van der Waals surface area contributed by atoms with Gasteiger partial charge in [-0.2, -0.15) is 0 Å². The third-order valence-corrected chi connectivity index (χ3v) is 4.86. The molecular weight excluding hydrogens is 324 g/mol. The monoisotopic (exact) mass is 346 g/mol. The van der Waals surface area contributed by atoms with Crippen LogP contribution in [-0.4, -0.2) is 60.1 Å². The van der Waals surface area contributed by atoms with Crippen molar-refractivity contribution < 1.29 is 24.2 Å². The first-order valence-corrected chi connectivity index (χ1v) is 8.45. The molecule has 0 aliphatic carbocycles. The van der Waals surface area contributed by atoms with Crippen LogP contribution in [0.2, 0.25) is 0 Å². The third-order valence-electron chi connectivity index (χ3n) is 4.86. The number of methoxy groups -OCH3 is 1. The second-order valence-corrected chi connectivity index (χ2v) is 6.50. The van der Waals surface area contributed by atoms with Crippen molar-refractivity contribution in [1.82, 2.24) is 4.90 Å². The van der Waals surface area contributed by atoms with E-state index in [1.165, 1.54) is 0 Å². The number of anilines is 1. The minimum atomic E-state index is -0.934. The van der Waals surface area contributed by atoms with E-state index in [4.69, 9.17) is 9.84 Å². The van der Waals surface area contributed by atoms with Gasteiger partial charge in [-0.1, -0.05) is 6.07 Å². The Balaban J connectivity index is 1.81. The van der Waals surface area contributed by atoms with E-state index in [1.54, 1.807) is 35.1 Å². The number of carboxylic acid groups (broad SMARTS) is 1. The summed E-state index contributed by atoms with van der Waals surface area (Å²) in [5, 5.41) is 9.10. The minimum absolute atomic E-state index is 0.0639. The standard InChI is InChI=1S/C18H22N2O5/c1-25-15-9-14(10-17(22)23)20(11-15)18(24)12-4-2-5-13(8-12)19-7-3-6-16(19)21/h2,4-5,8,14-15H,3,6-7,9-11H2,1H3,(H,22,23). The Morgan fingerprint density at radius 1 is 1.36 bits per heavy atom. The van der Waals surface area contributed by atoms with Crippen LogP contribution in [0.1, 0.15) is 36.0 Å². The smallest absolute Gasteiger partial charge is 0.305 e. The maximum atomic E-state index is 12.9. The molecule has 25 heavy (non-hydrogen) atoms. The molecule has 2 saturated heterocycles. The zero-order chi connectivity index (χ0) is 18.0. The molecule has 7 nitrogen and oxygen atoms in total. The number of hydrogen-bond donors (Lipinski definition) is 1. The van der Waals surface area contributed by atoms with Crippen molar-refractivity contribution in [2.75, 3.05) is 25.1 Å². The molecule has 2 unspecified atom stereocenters. The van der Waals surface area contributed by atoms with Gasteiger partial charge in [0.25, 0.3) is 5.91 Å². The molecule has 2 atom stereocenters. The summed E-state index contributed by atoms with van der Waals surface area (Å²) < 4.78 is 5.32. The Kier molecular flexibility index (Phi) is 5.03. The first-order chi connectivity index (χ1) is 12.0. The first-order valence-electron chi connectivity index (χ1n) is 8.45. The van der Waals surface area contributed by atoms with E-state index in [9.17, 15) is 14.4 Å². The summed E-state index contributed by atoms with van der Waals surface area (Å²) in [7, 11) is 1.57. The van der Waals surface area contributed by atoms with Crippen LogP contribution in [0.25, 0.3) is 0 Å². The number of aliphatic carboxylic acids is 1. The molecule has 7 heteroatoms. The van der Waals surface area contributed by atoms with Crippen LogP contribution in [0.4, 0.5) is 5.69 Å². The lowest BCUT2D eigenvalue weighted by Crippen LogP contribution is -2.37. The van der Waals surface area contributed by atoms with Gasteiger partial charge in [0.2, 0.25) is 5.91 Å². The summed E-state index contributed by atoms with van der Waals surface area (Å²) in [5.41, 5.74) is 1.18. The Bertz CT molecular complexity index is 690. The average molecular weight is 346 g/mol. The van der Waals surface area contributed by atoms with Gasteiger partial charge in [0, 0.05) is 43.9 Å². The third kappa shape index (κ3) is 3.66. The van der Waals surface area contributed by atoms with Gasteiger partial charge < -0.3 is 19.6 Å². The van der Waals surface area contributed by atoms with Crippen LogP contribution in [0.3, 0.4) is 0 Å². The number of amides is 2. The SMILES string of the molecule is COC1CC(CC(=O)O)N(C(=O)c2cccc(N3CCCC3=O)c2)C1. The molecule has 0 saturated carbocycles. The maximum absolute atomic E-state index is 12.9. The number of carboxylic acids is 1. The van der Waals surface area contributed by atoms with Gasteiger partial charge >= 0.3 is 5.97 Å². The molecule has 2 aliphatic rings. The Hall–Kier alpha value is -2.41. The summed E-state index contributed by atoms with van der Waals surface area (Å²) in [6.45, 7) is 1.04. The number of rotatable bonds is 5. The Morgan fingerprint density at radius 3 is 2.80 bits per heavy atom. The van der Waals surface area contributed by atoms with Gasteiger partial charge in [-0.3, -0.25) is 14.4 Å². The molecule has 1 aromatic rings. The maximum Gasteiger partial charge on any atom is 0.305 e. The Labute approximate surface area is 146 Å². The van der Waals surface area contributed by atoms with E-state index in [0.29, 0.717) is 37.2 Å². The molecule has 134 valence electrons. The summed E-state index contributed by atoms with van der Waals surface area (Å²) in [5.74, 6) is -1.09. The quantitative estimate of drug-likeness (QED) is 0.873. The van der Waals surface area contributed by atoms with Gasteiger partial charge in [-0.15, -0.1) is 0 Å². The summed E-state index contributed by atoms with van der Waals surface area (Å²) in [6.07, 6.45) is 1.60. The van der Waals surface area contributed by atoms with Crippen molar-refractivity contribution in [3.8, 4) is 0 Å². The van der Waals surface area contributed by atoms with Crippen LogP contribution in [0.15, 0.2) is 24.3 Å². The molecule has 2 fully saturated rings. The van der Waals surface area contributed by atoms with E-state index in [1.807, 2.05) is 6.07 Å². The van der Waals surface area contributed by atoms with E-state index < -0.39 is 5.97 Å². The highest BCUT2D eigenvalue weighted by molar-refractivity contribution is 5.99. The van der Waals surface area contributed by atoms with Gasteiger partial charge in [-0.25, -0.2) is 0 Å². The molecule has 2 amide bonds. The van der Waals surface area contributed by atoms with Gasteiger partial charge in [0.05, 0.1) is 12.5 Å². The summed E-state index contributed by atoms with van der Waals surface area (Å²) in [6, 6.07) is 6.60. The largest absolute Gasteiger partial charge is 0.481 e. The number of nitrogens with zero attached hydrogens (tertiary/aromatic N) is 2. The highest BCUT2D eigenvalue weighted by Gasteiger charge is 2.37. The lowest BCUT2D eigenvalue weighted by Gasteiger charge is -2.24. The highest BCUT2D eigenvalue weighted by Crippen LogP contribution is 2.27. The van der Waals surface area contributed by atoms with E-state index >= 15 is 0 Å². The molecule has 0 spiro atoms. The van der Waals surface area contributed by atoms with Crippen LogP contribution in [0, 0.1) is 0 Å². The fourth-order valence-corrected chi connectivity index (χ4v) is 3.58. The van der Waals surface area contributed by atoms with Crippen molar-refractivity contribution in [3.05, 3.63) is 29.8 Å². The molecule has 2 aliphatic heterocycles. The lowest BCUT2D eigenvalue weighted by molar-refractivity contribution is -0.138. The van der Waals surface area contributed by atoms with Crippen LogP contribution in [-0.2, 0) is 14.3 Å². The number of carbonyl (C=O) groups is 3. The molecule has 0 aromatic heterocycles. The van der Waals surface area contributed by atoms with Crippen molar-refractivity contribution in [3.63, 3.8) is 0 Å². The number of ether oxygens (including phenoxy) is 1. The summed E-state index contributed by atoms with van der Waals surface area (Å²) in [4.78, 5) is 39.2. The normalized spacial score (nSPS) is 23.3. The average Bonchev–Trinajstić information content (AvgIpc) is 3.20. The van der Waals surface area contributed by atoms with Crippen LogP contribution in [0.5, 0.6) is 0 Å². The zero-order valence-electron chi connectivity index (χ0n) is 14.2. The fraction of sp³-hybridized carbons (Fsp3) is 0.500. The van der Waals surface area contributed by atoms with Crippen molar-refractivity contribution in [2.24, 2.45) is 0 Å². The van der Waals surface area contributed by atoms with Gasteiger partial charge in [0.15, 0.2) is 0 Å². The van der Waals surface area contributed by atoms with Gasteiger partial charge in [-0.05, 0) is 31.0 Å². The minimum Gasteiger partial charge on any atom is -0.481 e. The number of hydrogen-bond acceptors (Lipinski definition) is 4. The topological polar surface area (TPSA) is 87.2 Å². The molecule has 1 aromatic carbocycles. The van der Waals surface area contributed by atoms with Crippen molar-refractivity contribution >= 4 is 23.5 Å². The number of carbonyl (C=O) groups excluding carboxylic acids is 2. The Morgan fingerprint density at radius 2 is 2.16 bits per heavy atom. The predicted molar refractivity (Wildman–Crippen MR) is 90.5 cm³/mol. The molecule has 1 N–H and O–H groups in total. The van der Waals surface area contributed by atoms with Crippen molar-refractivity contribution in [2.45, 2.75) is 37.8 Å². The second-order valence-electron chi connectivity index (χ2n) is 6.50. The molecule has 3 rings (SSSR count). The second kappa shape index (κ2) is 7.23. The van der Waals surface area contributed by atoms with Crippen LogP contribution >= 0.6 is 0 Å². The molecule has 0 radical (unpaired) electrons. The van der Waals surface area contributed by atoms with E-state index in [0.717, 1.165) is 6.42 Å². The molecular formula is C18H22N2O5. The van der Waals surface area contributed by atoms with Gasteiger partial charge in [0.1, 0.15) is 0 Å². The highest BCUT2D eigenvalue weighted by atomic mass is 16.5. The molecule has 2 heterocycles.